The fraction of sp³-hybridized carbons (Fsp3) is 0.333. The largest absolute Gasteiger partial charge is 0.348 e. The summed E-state index contributed by atoms with van der Waals surface area (Å²) >= 11 is 0. The van der Waals surface area contributed by atoms with Crippen molar-refractivity contribution in [1.29, 1.82) is 0 Å². The van der Waals surface area contributed by atoms with Gasteiger partial charge in [-0.05, 0) is 24.3 Å². The zero-order valence-corrected chi connectivity index (χ0v) is 12.0. The minimum Gasteiger partial charge on any atom is -0.348 e. The molecule has 1 aromatic carbocycles. The number of nitrogens with two attached hydrogens (primary N) is 1. The number of carbonyl (C=O) groups excluding carboxylic acids is 1. The van der Waals surface area contributed by atoms with Crippen molar-refractivity contribution < 1.29 is 4.79 Å². The second kappa shape index (κ2) is 5.88. The number of hydrogen-bond acceptors (Lipinski definition) is 4. The van der Waals surface area contributed by atoms with Crippen LogP contribution in [0.3, 0.4) is 0 Å². The predicted molar refractivity (Wildman–Crippen MR) is 81.3 cm³/mol. The lowest BCUT2D eigenvalue weighted by Crippen LogP contribution is -2.36. The molecule has 5 nitrogen and oxygen atoms in total. The van der Waals surface area contributed by atoms with Gasteiger partial charge in [0.25, 0.3) is 5.91 Å². The molecule has 0 aliphatic rings. The smallest absolute Gasteiger partial charge is 0.270 e. The monoisotopic (exact) mass is 272 g/mol. The number of carbonyl (C=O) groups is 1. The molecule has 20 heavy (non-hydrogen) atoms. The van der Waals surface area contributed by atoms with E-state index in [1.54, 1.807) is 6.07 Å². The Balaban J connectivity index is 2.37. The summed E-state index contributed by atoms with van der Waals surface area (Å²) in [7, 11) is 0. The number of aromatic nitrogens is 1. The summed E-state index contributed by atoms with van der Waals surface area (Å²) in [6.45, 7) is 6.10. The van der Waals surface area contributed by atoms with Gasteiger partial charge >= 0.3 is 0 Å². The summed E-state index contributed by atoms with van der Waals surface area (Å²) < 4.78 is 0. The molecule has 0 saturated heterocycles. The maximum Gasteiger partial charge on any atom is 0.270 e. The molecule has 5 heteroatoms. The van der Waals surface area contributed by atoms with Crippen LogP contribution in [0.4, 0.5) is 5.82 Å². The van der Waals surface area contributed by atoms with Gasteiger partial charge in [-0.1, -0.05) is 38.1 Å². The predicted octanol–water partition coefficient (Wildman–Crippen LogP) is 2.29. The molecule has 0 fully saturated rings. The third-order valence-electron chi connectivity index (χ3n) is 3.47. The van der Waals surface area contributed by atoms with Crippen LogP contribution < -0.4 is 16.6 Å². The number of pyridine rings is 1. The van der Waals surface area contributed by atoms with Gasteiger partial charge in [0.2, 0.25) is 0 Å². The van der Waals surface area contributed by atoms with Gasteiger partial charge in [0.1, 0.15) is 11.5 Å². The van der Waals surface area contributed by atoms with Crippen LogP contribution in [0.2, 0.25) is 0 Å². The van der Waals surface area contributed by atoms with Gasteiger partial charge in [-0.2, -0.15) is 0 Å². The highest BCUT2D eigenvalue weighted by Crippen LogP contribution is 2.21. The van der Waals surface area contributed by atoms with Crippen molar-refractivity contribution in [2.24, 2.45) is 11.8 Å². The Kier molecular flexibility index (Phi) is 4.20. The van der Waals surface area contributed by atoms with Crippen LogP contribution >= 0.6 is 0 Å². The van der Waals surface area contributed by atoms with E-state index in [-0.39, 0.29) is 11.9 Å². The molecule has 0 spiro atoms. The molecule has 4 N–H and O–H groups in total. The van der Waals surface area contributed by atoms with E-state index < -0.39 is 0 Å². The molecule has 1 unspecified atom stereocenters. The highest BCUT2D eigenvalue weighted by atomic mass is 16.1. The Morgan fingerprint density at radius 2 is 1.95 bits per heavy atom. The zero-order chi connectivity index (χ0) is 14.7. The van der Waals surface area contributed by atoms with Gasteiger partial charge in [-0.25, -0.2) is 10.8 Å². The summed E-state index contributed by atoms with van der Waals surface area (Å²) in [6, 6.07) is 9.53. The molecule has 0 bridgehead atoms. The van der Waals surface area contributed by atoms with Crippen LogP contribution in [-0.2, 0) is 0 Å². The average Bonchev–Trinajstić information content (AvgIpc) is 2.45. The Morgan fingerprint density at radius 1 is 1.25 bits per heavy atom. The number of nitrogens with one attached hydrogen (secondary N) is 2. The maximum atomic E-state index is 12.2. The van der Waals surface area contributed by atoms with E-state index in [0.717, 1.165) is 10.8 Å². The summed E-state index contributed by atoms with van der Waals surface area (Å²) in [5.41, 5.74) is 2.92. The Hall–Kier alpha value is -2.14. The van der Waals surface area contributed by atoms with E-state index in [0.29, 0.717) is 17.4 Å². The molecule has 1 heterocycles. The first-order chi connectivity index (χ1) is 9.52. The van der Waals surface area contributed by atoms with Gasteiger partial charge in [-0.3, -0.25) is 4.79 Å². The lowest BCUT2D eigenvalue weighted by atomic mass is 10.1. The van der Waals surface area contributed by atoms with Gasteiger partial charge in [-0.15, -0.1) is 0 Å². The average molecular weight is 272 g/mol. The summed E-state index contributed by atoms with van der Waals surface area (Å²) in [6.07, 6.45) is 0. The number of amides is 1. The molecule has 1 amide bonds. The second-order valence-corrected chi connectivity index (χ2v) is 5.23. The number of hydrogen-bond donors (Lipinski definition) is 3. The number of anilines is 1. The Morgan fingerprint density at radius 3 is 2.60 bits per heavy atom. The highest BCUT2D eigenvalue weighted by Gasteiger charge is 2.15. The van der Waals surface area contributed by atoms with Crippen LogP contribution in [0, 0.1) is 5.92 Å². The standard InChI is InChI=1S/C15H20N4O/c1-9(2)10(3)17-15(20)13-8-11-6-4-5-7-12(11)14(18-13)19-16/h4-10H,16H2,1-3H3,(H,17,20)(H,18,19). The van der Waals surface area contributed by atoms with E-state index in [1.165, 1.54) is 0 Å². The lowest BCUT2D eigenvalue weighted by Gasteiger charge is -2.17. The van der Waals surface area contributed by atoms with Crippen molar-refractivity contribution in [3.63, 3.8) is 0 Å². The molecule has 0 saturated carbocycles. The van der Waals surface area contributed by atoms with Crippen molar-refractivity contribution in [2.45, 2.75) is 26.8 Å². The number of nitrogen functional groups attached to an aromatic ring is 1. The Labute approximate surface area is 118 Å². The van der Waals surface area contributed by atoms with Crippen molar-refractivity contribution in [3.8, 4) is 0 Å². The SMILES string of the molecule is CC(C)C(C)NC(=O)c1cc2ccccc2c(NN)n1. The first-order valence-electron chi connectivity index (χ1n) is 6.70. The van der Waals surface area contributed by atoms with Crippen molar-refractivity contribution in [3.05, 3.63) is 36.0 Å². The first-order valence-corrected chi connectivity index (χ1v) is 6.70. The minimum atomic E-state index is -0.187. The molecular formula is C15H20N4O. The third-order valence-corrected chi connectivity index (χ3v) is 3.47. The summed E-state index contributed by atoms with van der Waals surface area (Å²) in [5.74, 6) is 6.18. The van der Waals surface area contributed by atoms with Crippen LogP contribution in [-0.4, -0.2) is 16.9 Å². The van der Waals surface area contributed by atoms with E-state index in [1.807, 2.05) is 31.2 Å². The fourth-order valence-electron chi connectivity index (χ4n) is 1.87. The van der Waals surface area contributed by atoms with Crippen LogP contribution in [0.1, 0.15) is 31.3 Å². The summed E-state index contributed by atoms with van der Waals surface area (Å²) in [5, 5.41) is 4.76. The lowest BCUT2D eigenvalue weighted by molar-refractivity contribution is 0.0926. The molecule has 0 aliphatic heterocycles. The molecule has 2 rings (SSSR count). The number of hydrazine groups is 1. The van der Waals surface area contributed by atoms with E-state index in [2.05, 4.69) is 29.6 Å². The zero-order valence-electron chi connectivity index (χ0n) is 12.0. The first kappa shape index (κ1) is 14.3. The molecule has 2 aromatic rings. The molecule has 0 aliphatic carbocycles. The van der Waals surface area contributed by atoms with Crippen molar-refractivity contribution in [2.75, 3.05) is 5.43 Å². The fourth-order valence-corrected chi connectivity index (χ4v) is 1.87. The molecule has 1 atom stereocenters. The molecular weight excluding hydrogens is 252 g/mol. The number of nitrogens with zero attached hydrogens (tertiary/aromatic N) is 1. The van der Waals surface area contributed by atoms with Crippen LogP contribution in [0.15, 0.2) is 30.3 Å². The number of benzene rings is 1. The van der Waals surface area contributed by atoms with Gasteiger partial charge in [0, 0.05) is 11.4 Å². The number of fused-ring (bicyclic) bond motifs is 1. The Bertz CT molecular complexity index is 624. The quantitative estimate of drug-likeness (QED) is 0.589. The maximum absolute atomic E-state index is 12.2. The van der Waals surface area contributed by atoms with E-state index in [9.17, 15) is 4.79 Å². The van der Waals surface area contributed by atoms with Crippen molar-refractivity contribution in [1.82, 2.24) is 10.3 Å². The van der Waals surface area contributed by atoms with Gasteiger partial charge in [0.15, 0.2) is 0 Å². The van der Waals surface area contributed by atoms with E-state index >= 15 is 0 Å². The topological polar surface area (TPSA) is 80.0 Å². The second-order valence-electron chi connectivity index (χ2n) is 5.23. The van der Waals surface area contributed by atoms with E-state index in [4.69, 9.17) is 5.84 Å². The van der Waals surface area contributed by atoms with Gasteiger partial charge in [0.05, 0.1) is 0 Å². The van der Waals surface area contributed by atoms with Crippen molar-refractivity contribution >= 4 is 22.5 Å². The molecule has 1 aromatic heterocycles. The number of rotatable bonds is 4. The van der Waals surface area contributed by atoms with Gasteiger partial charge < -0.3 is 10.7 Å². The third kappa shape index (κ3) is 2.88. The highest BCUT2D eigenvalue weighted by molar-refractivity contribution is 6.00. The molecule has 106 valence electrons. The van der Waals surface area contributed by atoms with Crippen LogP contribution in [0.25, 0.3) is 10.8 Å². The normalized spacial score (nSPS) is 12.4. The molecule has 0 radical (unpaired) electrons. The van der Waals surface area contributed by atoms with Crippen LogP contribution in [0.5, 0.6) is 0 Å². The minimum absolute atomic E-state index is 0.0880. The summed E-state index contributed by atoms with van der Waals surface area (Å²) in [4.78, 5) is 16.5.